The third-order valence-electron chi connectivity index (χ3n) is 3.21. The monoisotopic (exact) mass is 249 g/mol. The van der Waals surface area contributed by atoms with Crippen LogP contribution in [-0.4, -0.2) is 27.1 Å². The molecular weight excluding hydrogens is 230 g/mol. The quantitative estimate of drug-likeness (QED) is 0.810. The molecule has 5 nitrogen and oxygen atoms in total. The Balaban J connectivity index is 2.08. The SMILES string of the molecule is CCC(CC1CC1)Nc1nc(C)cc(C(=O)O)n1. The third-order valence-corrected chi connectivity index (χ3v) is 3.21. The fourth-order valence-corrected chi connectivity index (χ4v) is 2.01. The second-order valence-electron chi connectivity index (χ2n) is 4.95. The van der Waals surface area contributed by atoms with Gasteiger partial charge in [-0.3, -0.25) is 0 Å². The van der Waals surface area contributed by atoms with E-state index in [1.54, 1.807) is 6.92 Å². The lowest BCUT2D eigenvalue weighted by molar-refractivity contribution is 0.0690. The van der Waals surface area contributed by atoms with Gasteiger partial charge in [-0.2, -0.15) is 0 Å². The van der Waals surface area contributed by atoms with E-state index in [4.69, 9.17) is 5.11 Å². The van der Waals surface area contributed by atoms with Crippen LogP contribution in [-0.2, 0) is 0 Å². The number of aromatic carboxylic acids is 1. The van der Waals surface area contributed by atoms with E-state index >= 15 is 0 Å². The number of rotatable bonds is 6. The molecule has 1 aliphatic rings. The number of anilines is 1. The molecule has 1 fully saturated rings. The van der Waals surface area contributed by atoms with Crippen LogP contribution in [0.25, 0.3) is 0 Å². The van der Waals surface area contributed by atoms with Crippen molar-refractivity contribution in [2.75, 3.05) is 5.32 Å². The van der Waals surface area contributed by atoms with Crippen molar-refractivity contribution in [1.29, 1.82) is 0 Å². The van der Waals surface area contributed by atoms with Gasteiger partial charge < -0.3 is 10.4 Å². The molecule has 2 N–H and O–H groups in total. The van der Waals surface area contributed by atoms with Crippen LogP contribution in [0.15, 0.2) is 6.07 Å². The topological polar surface area (TPSA) is 75.1 Å². The van der Waals surface area contributed by atoms with Gasteiger partial charge in [0.15, 0.2) is 5.69 Å². The summed E-state index contributed by atoms with van der Waals surface area (Å²) in [5.74, 6) is 0.241. The van der Waals surface area contributed by atoms with Crippen LogP contribution < -0.4 is 5.32 Å². The van der Waals surface area contributed by atoms with Crippen LogP contribution >= 0.6 is 0 Å². The molecule has 1 aromatic heterocycles. The van der Waals surface area contributed by atoms with Gasteiger partial charge in [0.25, 0.3) is 0 Å². The Morgan fingerprint density at radius 2 is 2.28 bits per heavy atom. The Bertz CT molecular complexity index is 444. The minimum absolute atomic E-state index is 0.0475. The fourth-order valence-electron chi connectivity index (χ4n) is 2.01. The van der Waals surface area contributed by atoms with Gasteiger partial charge in [0.05, 0.1) is 0 Å². The summed E-state index contributed by atoms with van der Waals surface area (Å²) in [6, 6.07) is 1.82. The zero-order chi connectivity index (χ0) is 13.1. The Hall–Kier alpha value is -1.65. The van der Waals surface area contributed by atoms with Crippen molar-refractivity contribution in [1.82, 2.24) is 9.97 Å². The maximum absolute atomic E-state index is 10.9. The predicted octanol–water partition coefficient (Wildman–Crippen LogP) is 2.47. The van der Waals surface area contributed by atoms with E-state index in [1.807, 2.05) is 0 Å². The number of nitrogens with zero attached hydrogens (tertiary/aromatic N) is 2. The first-order chi connectivity index (χ1) is 8.58. The van der Waals surface area contributed by atoms with Crippen molar-refractivity contribution in [2.45, 2.75) is 45.6 Å². The third kappa shape index (κ3) is 3.42. The first-order valence-electron chi connectivity index (χ1n) is 6.44. The molecule has 0 aliphatic heterocycles. The first kappa shape index (κ1) is 12.8. The van der Waals surface area contributed by atoms with Gasteiger partial charge in [0, 0.05) is 11.7 Å². The molecule has 1 aromatic rings. The number of hydrogen-bond donors (Lipinski definition) is 2. The Kier molecular flexibility index (Phi) is 3.79. The summed E-state index contributed by atoms with van der Waals surface area (Å²) in [5, 5.41) is 12.2. The van der Waals surface area contributed by atoms with Crippen LogP contribution in [0.2, 0.25) is 0 Å². The van der Waals surface area contributed by atoms with E-state index in [0.717, 1.165) is 18.8 Å². The molecule has 1 aliphatic carbocycles. The van der Waals surface area contributed by atoms with E-state index in [1.165, 1.54) is 18.9 Å². The standard InChI is InChI=1S/C13H19N3O2/c1-3-10(7-9-4-5-9)15-13-14-8(2)6-11(16-13)12(17)18/h6,9-10H,3-5,7H2,1-2H3,(H,17,18)(H,14,15,16). The van der Waals surface area contributed by atoms with Crippen molar-refractivity contribution in [3.05, 3.63) is 17.5 Å². The number of nitrogens with one attached hydrogen (secondary N) is 1. The van der Waals surface area contributed by atoms with E-state index in [-0.39, 0.29) is 5.69 Å². The highest BCUT2D eigenvalue weighted by Gasteiger charge is 2.25. The summed E-state index contributed by atoms with van der Waals surface area (Å²) in [7, 11) is 0. The number of carboxylic acid groups (broad SMARTS) is 1. The molecule has 1 heterocycles. The van der Waals surface area contributed by atoms with Crippen LogP contribution in [0.4, 0.5) is 5.95 Å². The number of aromatic nitrogens is 2. The van der Waals surface area contributed by atoms with Gasteiger partial charge in [-0.1, -0.05) is 19.8 Å². The van der Waals surface area contributed by atoms with Crippen LogP contribution in [0.1, 0.15) is 48.8 Å². The second-order valence-corrected chi connectivity index (χ2v) is 4.95. The molecule has 1 saturated carbocycles. The van der Waals surface area contributed by atoms with E-state index in [0.29, 0.717) is 17.7 Å². The van der Waals surface area contributed by atoms with Gasteiger partial charge in [-0.25, -0.2) is 14.8 Å². The predicted molar refractivity (Wildman–Crippen MR) is 68.8 cm³/mol. The molecule has 0 saturated heterocycles. The van der Waals surface area contributed by atoms with Crippen molar-refractivity contribution in [3.63, 3.8) is 0 Å². The molecule has 0 bridgehead atoms. The van der Waals surface area contributed by atoms with E-state index < -0.39 is 5.97 Å². The minimum Gasteiger partial charge on any atom is -0.477 e. The summed E-state index contributed by atoms with van der Waals surface area (Å²) in [4.78, 5) is 19.2. The average Bonchev–Trinajstić information content (AvgIpc) is 3.11. The van der Waals surface area contributed by atoms with E-state index in [9.17, 15) is 4.79 Å². The number of carbonyl (C=O) groups is 1. The number of carboxylic acids is 1. The fraction of sp³-hybridized carbons (Fsp3) is 0.615. The lowest BCUT2D eigenvalue weighted by atomic mass is 10.1. The lowest BCUT2D eigenvalue weighted by Gasteiger charge is -2.16. The van der Waals surface area contributed by atoms with Crippen molar-refractivity contribution in [2.24, 2.45) is 5.92 Å². The summed E-state index contributed by atoms with van der Waals surface area (Å²) in [6.07, 6.45) is 4.74. The normalized spacial score (nSPS) is 16.3. The van der Waals surface area contributed by atoms with Crippen LogP contribution in [0, 0.1) is 12.8 Å². The molecule has 5 heteroatoms. The van der Waals surface area contributed by atoms with Crippen molar-refractivity contribution >= 4 is 11.9 Å². The number of aryl methyl sites for hydroxylation is 1. The summed E-state index contributed by atoms with van der Waals surface area (Å²) < 4.78 is 0. The molecule has 2 rings (SSSR count). The molecule has 98 valence electrons. The molecular formula is C13H19N3O2. The molecule has 18 heavy (non-hydrogen) atoms. The van der Waals surface area contributed by atoms with Gasteiger partial charge >= 0.3 is 5.97 Å². The Morgan fingerprint density at radius 3 is 2.83 bits per heavy atom. The Labute approximate surface area is 107 Å². The molecule has 0 radical (unpaired) electrons. The summed E-state index contributed by atoms with van der Waals surface area (Å²) in [6.45, 7) is 3.90. The van der Waals surface area contributed by atoms with Gasteiger partial charge in [-0.15, -0.1) is 0 Å². The molecule has 0 aromatic carbocycles. The van der Waals surface area contributed by atoms with Crippen LogP contribution in [0.3, 0.4) is 0 Å². The first-order valence-corrected chi connectivity index (χ1v) is 6.44. The minimum atomic E-state index is -1.02. The number of hydrogen-bond acceptors (Lipinski definition) is 4. The zero-order valence-electron chi connectivity index (χ0n) is 10.8. The van der Waals surface area contributed by atoms with E-state index in [2.05, 4.69) is 22.2 Å². The van der Waals surface area contributed by atoms with Gasteiger partial charge in [0.1, 0.15) is 0 Å². The maximum Gasteiger partial charge on any atom is 0.354 e. The second kappa shape index (κ2) is 5.33. The molecule has 0 spiro atoms. The summed E-state index contributed by atoms with van der Waals surface area (Å²) >= 11 is 0. The largest absolute Gasteiger partial charge is 0.477 e. The Morgan fingerprint density at radius 1 is 1.56 bits per heavy atom. The highest BCUT2D eigenvalue weighted by molar-refractivity contribution is 5.85. The highest BCUT2D eigenvalue weighted by atomic mass is 16.4. The van der Waals surface area contributed by atoms with Crippen LogP contribution in [0.5, 0.6) is 0 Å². The molecule has 0 amide bonds. The smallest absolute Gasteiger partial charge is 0.354 e. The molecule has 1 unspecified atom stereocenters. The maximum atomic E-state index is 10.9. The van der Waals surface area contributed by atoms with Crippen molar-refractivity contribution in [3.8, 4) is 0 Å². The van der Waals surface area contributed by atoms with Gasteiger partial charge in [-0.05, 0) is 31.7 Å². The molecule has 1 atom stereocenters. The lowest BCUT2D eigenvalue weighted by Crippen LogP contribution is -2.21. The zero-order valence-corrected chi connectivity index (χ0v) is 10.8. The highest BCUT2D eigenvalue weighted by Crippen LogP contribution is 2.34. The average molecular weight is 249 g/mol. The summed E-state index contributed by atoms with van der Waals surface area (Å²) in [5.41, 5.74) is 0.720. The van der Waals surface area contributed by atoms with Gasteiger partial charge in [0.2, 0.25) is 5.95 Å². The van der Waals surface area contributed by atoms with Crippen molar-refractivity contribution < 1.29 is 9.90 Å².